The van der Waals surface area contributed by atoms with Gasteiger partial charge >= 0.3 is 5.97 Å². The number of nitrogens with one attached hydrogen (secondary N) is 1. The fourth-order valence-electron chi connectivity index (χ4n) is 8.90. The Morgan fingerprint density at radius 2 is 1.88 bits per heavy atom. The SMILES string of the molecule is COc1ccc2[nH]c3c(c2c1)CC1(C)C(CCC2C1CCC1(C)C(OC(C)=O)CCC21)C3. The maximum Gasteiger partial charge on any atom is 0.302 e. The topological polar surface area (TPSA) is 51.3 Å². The first-order chi connectivity index (χ1) is 15.3. The summed E-state index contributed by atoms with van der Waals surface area (Å²) in [5.41, 5.74) is 4.78. The third-order valence-electron chi connectivity index (χ3n) is 10.5. The van der Waals surface area contributed by atoms with Crippen LogP contribution in [0.25, 0.3) is 10.9 Å². The van der Waals surface area contributed by atoms with E-state index in [1.807, 2.05) is 0 Å². The molecule has 2 aromatic rings. The van der Waals surface area contributed by atoms with Gasteiger partial charge in [-0.1, -0.05) is 13.8 Å². The predicted molar refractivity (Wildman–Crippen MR) is 126 cm³/mol. The van der Waals surface area contributed by atoms with Gasteiger partial charge < -0.3 is 14.5 Å². The number of benzene rings is 1. The molecule has 4 aliphatic carbocycles. The average molecular weight is 436 g/mol. The van der Waals surface area contributed by atoms with Crippen molar-refractivity contribution in [1.29, 1.82) is 0 Å². The molecule has 4 nitrogen and oxygen atoms in total. The van der Waals surface area contributed by atoms with Crippen molar-refractivity contribution < 1.29 is 14.3 Å². The third kappa shape index (κ3) is 2.77. The molecule has 1 aromatic carbocycles. The van der Waals surface area contributed by atoms with Gasteiger partial charge in [0.15, 0.2) is 0 Å². The molecule has 0 amide bonds. The van der Waals surface area contributed by atoms with Gasteiger partial charge in [0.25, 0.3) is 0 Å². The Labute approximate surface area is 191 Å². The molecule has 0 radical (unpaired) electrons. The van der Waals surface area contributed by atoms with E-state index in [0.29, 0.717) is 11.3 Å². The van der Waals surface area contributed by atoms with Crippen LogP contribution in [0.3, 0.4) is 0 Å². The van der Waals surface area contributed by atoms with Crippen molar-refractivity contribution in [3.8, 4) is 5.75 Å². The Hall–Kier alpha value is -1.97. The number of hydrogen-bond acceptors (Lipinski definition) is 3. The summed E-state index contributed by atoms with van der Waals surface area (Å²) in [5, 5.41) is 1.36. The summed E-state index contributed by atoms with van der Waals surface area (Å²) in [6.07, 6.45) is 9.93. The number of aromatic nitrogens is 1. The molecule has 4 aliphatic rings. The van der Waals surface area contributed by atoms with E-state index >= 15 is 0 Å². The molecule has 0 saturated heterocycles. The van der Waals surface area contributed by atoms with Crippen LogP contribution in [-0.4, -0.2) is 24.2 Å². The van der Waals surface area contributed by atoms with E-state index < -0.39 is 0 Å². The number of fused-ring (bicyclic) bond motifs is 8. The normalized spacial score (nSPS) is 40.2. The highest BCUT2D eigenvalue weighted by Crippen LogP contribution is 2.66. The average Bonchev–Trinajstić information content (AvgIpc) is 3.28. The second-order valence-corrected chi connectivity index (χ2v) is 11.8. The fourth-order valence-corrected chi connectivity index (χ4v) is 8.90. The standard InChI is InChI=1S/C28H37NO3/c1-16(30)32-26-10-8-22-19-7-5-17-13-25-21(20-14-18(31-4)6-9-24(20)29-25)15-28(17,3)23(19)11-12-27(22,26)2/h6,9,14,17,19,22-23,26,29H,5,7-8,10-13,15H2,1-4H3. The van der Waals surface area contributed by atoms with Gasteiger partial charge in [0.05, 0.1) is 7.11 Å². The number of H-pyrrole nitrogens is 1. The summed E-state index contributed by atoms with van der Waals surface area (Å²) in [6, 6.07) is 6.48. The van der Waals surface area contributed by atoms with Gasteiger partial charge in [-0.05, 0) is 104 Å². The molecule has 32 heavy (non-hydrogen) atoms. The summed E-state index contributed by atoms with van der Waals surface area (Å²) in [4.78, 5) is 15.5. The van der Waals surface area contributed by atoms with Crippen LogP contribution in [0.15, 0.2) is 18.2 Å². The van der Waals surface area contributed by atoms with Crippen LogP contribution < -0.4 is 4.74 Å². The highest BCUT2D eigenvalue weighted by molar-refractivity contribution is 5.86. The van der Waals surface area contributed by atoms with E-state index in [1.165, 1.54) is 67.1 Å². The molecule has 3 saturated carbocycles. The zero-order valence-corrected chi connectivity index (χ0v) is 20.0. The Bertz CT molecular complexity index is 1070. The molecule has 0 spiro atoms. The van der Waals surface area contributed by atoms with Crippen molar-refractivity contribution in [3.63, 3.8) is 0 Å². The highest BCUT2D eigenvalue weighted by Gasteiger charge is 2.61. The smallest absolute Gasteiger partial charge is 0.302 e. The number of hydrogen-bond donors (Lipinski definition) is 1. The molecule has 0 bridgehead atoms. The van der Waals surface area contributed by atoms with E-state index in [-0.39, 0.29) is 17.5 Å². The molecule has 3 fully saturated rings. The first-order valence-electron chi connectivity index (χ1n) is 12.7. The number of carbonyl (C=O) groups excluding carboxylic acids is 1. The Kier molecular flexibility index (Phi) is 4.52. The second kappa shape index (κ2) is 7.01. The van der Waals surface area contributed by atoms with Crippen molar-refractivity contribution in [3.05, 3.63) is 29.5 Å². The summed E-state index contributed by atoms with van der Waals surface area (Å²) < 4.78 is 11.4. The molecule has 4 heteroatoms. The van der Waals surface area contributed by atoms with E-state index in [9.17, 15) is 4.79 Å². The van der Waals surface area contributed by atoms with Gasteiger partial charge in [0, 0.05) is 28.9 Å². The maximum atomic E-state index is 11.7. The van der Waals surface area contributed by atoms with Crippen molar-refractivity contribution in [1.82, 2.24) is 4.98 Å². The summed E-state index contributed by atoms with van der Waals surface area (Å²) in [7, 11) is 1.76. The van der Waals surface area contributed by atoms with Crippen LogP contribution >= 0.6 is 0 Å². The highest BCUT2D eigenvalue weighted by atomic mass is 16.5. The van der Waals surface area contributed by atoms with E-state index in [4.69, 9.17) is 9.47 Å². The lowest BCUT2D eigenvalue weighted by Gasteiger charge is -2.60. The summed E-state index contributed by atoms with van der Waals surface area (Å²) in [5.74, 6) is 3.86. The number of ether oxygens (including phenoxy) is 2. The van der Waals surface area contributed by atoms with Crippen LogP contribution in [0.5, 0.6) is 5.75 Å². The van der Waals surface area contributed by atoms with E-state index in [0.717, 1.165) is 29.9 Å². The molecular weight excluding hydrogens is 398 g/mol. The van der Waals surface area contributed by atoms with Crippen LogP contribution in [0, 0.1) is 34.5 Å². The van der Waals surface area contributed by atoms with Gasteiger partial charge in [-0.3, -0.25) is 4.79 Å². The molecule has 7 unspecified atom stereocenters. The molecule has 1 aromatic heterocycles. The zero-order chi connectivity index (χ0) is 22.3. The lowest BCUT2D eigenvalue weighted by Crippen LogP contribution is -2.55. The first-order valence-corrected chi connectivity index (χ1v) is 12.7. The number of esters is 1. The van der Waals surface area contributed by atoms with Gasteiger partial charge in [0.2, 0.25) is 0 Å². The number of rotatable bonds is 2. The maximum absolute atomic E-state index is 11.7. The monoisotopic (exact) mass is 435 g/mol. The number of methoxy groups -OCH3 is 1. The quantitative estimate of drug-likeness (QED) is 0.583. The summed E-state index contributed by atoms with van der Waals surface area (Å²) in [6.45, 7) is 6.61. The van der Waals surface area contributed by atoms with Crippen LogP contribution in [0.2, 0.25) is 0 Å². The van der Waals surface area contributed by atoms with E-state index in [2.05, 4.69) is 37.0 Å². The Morgan fingerprint density at radius 3 is 2.66 bits per heavy atom. The van der Waals surface area contributed by atoms with Crippen molar-refractivity contribution >= 4 is 16.9 Å². The first kappa shape index (κ1) is 20.6. The molecule has 1 heterocycles. The Balaban J connectivity index is 1.34. The molecule has 6 rings (SSSR count). The molecular formula is C28H37NO3. The van der Waals surface area contributed by atoms with Gasteiger partial charge in [-0.25, -0.2) is 0 Å². The van der Waals surface area contributed by atoms with E-state index in [1.54, 1.807) is 14.0 Å². The molecule has 1 N–H and O–H groups in total. The van der Waals surface area contributed by atoms with Crippen molar-refractivity contribution in [2.45, 2.75) is 78.2 Å². The van der Waals surface area contributed by atoms with Crippen LogP contribution in [0.4, 0.5) is 0 Å². The zero-order valence-electron chi connectivity index (χ0n) is 20.0. The van der Waals surface area contributed by atoms with Crippen LogP contribution in [-0.2, 0) is 22.4 Å². The van der Waals surface area contributed by atoms with Crippen molar-refractivity contribution in [2.24, 2.45) is 34.5 Å². The Morgan fingerprint density at radius 1 is 1.06 bits per heavy atom. The summed E-state index contributed by atoms with van der Waals surface area (Å²) >= 11 is 0. The number of carbonyl (C=O) groups is 1. The fraction of sp³-hybridized carbons (Fsp3) is 0.679. The second-order valence-electron chi connectivity index (χ2n) is 11.8. The predicted octanol–water partition coefficient (Wildman–Crippen LogP) is 6.07. The largest absolute Gasteiger partial charge is 0.497 e. The lowest BCUT2D eigenvalue weighted by atomic mass is 9.45. The van der Waals surface area contributed by atoms with Gasteiger partial charge in [-0.15, -0.1) is 0 Å². The third-order valence-corrected chi connectivity index (χ3v) is 10.5. The minimum Gasteiger partial charge on any atom is -0.497 e. The lowest BCUT2D eigenvalue weighted by molar-refractivity contribution is -0.160. The van der Waals surface area contributed by atoms with Crippen LogP contribution in [0.1, 0.15) is 70.6 Å². The minimum atomic E-state index is -0.107. The molecule has 172 valence electrons. The molecule has 0 aliphatic heterocycles. The molecule has 7 atom stereocenters. The van der Waals surface area contributed by atoms with Gasteiger partial charge in [-0.2, -0.15) is 0 Å². The minimum absolute atomic E-state index is 0.107. The van der Waals surface area contributed by atoms with Gasteiger partial charge in [0.1, 0.15) is 11.9 Å². The number of aromatic amines is 1. The van der Waals surface area contributed by atoms with Crippen molar-refractivity contribution in [2.75, 3.05) is 7.11 Å².